The van der Waals surface area contributed by atoms with Crippen LogP contribution in [-0.4, -0.2) is 11.1 Å². The van der Waals surface area contributed by atoms with Crippen LogP contribution in [0.1, 0.15) is 168 Å². The summed E-state index contributed by atoms with van der Waals surface area (Å²) in [4.78, 5) is 10.6. The summed E-state index contributed by atoms with van der Waals surface area (Å²) in [7, 11) is 0. The van der Waals surface area contributed by atoms with Gasteiger partial charge in [0.05, 0.1) is 0 Å². The topological polar surface area (TPSA) is 37.3 Å². The molecule has 0 unspecified atom stereocenters. The first-order chi connectivity index (χ1) is 14.6. The molecule has 0 amide bonds. The van der Waals surface area contributed by atoms with Crippen LogP contribution in [0.5, 0.6) is 0 Å². The molecule has 180 valence electrons. The van der Waals surface area contributed by atoms with Gasteiger partial charge in [-0.2, -0.15) is 0 Å². The van der Waals surface area contributed by atoms with Gasteiger partial charge in [0.2, 0.25) is 0 Å². The number of hydrogen-bond acceptors (Lipinski definition) is 1. The Morgan fingerprint density at radius 1 is 0.500 bits per heavy atom. The molecule has 0 aromatic rings. The SMILES string of the molecule is CCCCCCC(CCCCCC)(CCCCCC)CCCCCCCCC(=O)O. The second-order valence-corrected chi connectivity index (χ2v) is 9.95. The number of aliphatic carboxylic acids is 1. The van der Waals surface area contributed by atoms with E-state index < -0.39 is 5.97 Å². The van der Waals surface area contributed by atoms with E-state index in [9.17, 15) is 4.79 Å². The Bertz CT molecular complexity index is 332. The van der Waals surface area contributed by atoms with Crippen LogP contribution < -0.4 is 0 Å². The van der Waals surface area contributed by atoms with E-state index in [1.165, 1.54) is 128 Å². The van der Waals surface area contributed by atoms with E-state index in [0.717, 1.165) is 12.8 Å². The van der Waals surface area contributed by atoms with E-state index in [2.05, 4.69) is 20.8 Å². The predicted octanol–water partition coefficient (Wildman–Crippen LogP) is 10.1. The fraction of sp³-hybridized carbons (Fsp3) is 0.964. The van der Waals surface area contributed by atoms with Crippen LogP contribution in [0.2, 0.25) is 0 Å². The zero-order valence-corrected chi connectivity index (χ0v) is 21.1. The Hall–Kier alpha value is -0.530. The third-order valence-electron chi connectivity index (χ3n) is 7.03. The summed E-state index contributed by atoms with van der Waals surface area (Å²) >= 11 is 0. The average molecular weight is 425 g/mol. The van der Waals surface area contributed by atoms with Crippen LogP contribution >= 0.6 is 0 Å². The quantitative estimate of drug-likeness (QED) is 0.156. The lowest BCUT2D eigenvalue weighted by Gasteiger charge is -2.35. The smallest absolute Gasteiger partial charge is 0.303 e. The summed E-state index contributed by atoms with van der Waals surface area (Å²) in [5.41, 5.74) is 0.610. The number of unbranched alkanes of at least 4 members (excludes halogenated alkanes) is 14. The maximum Gasteiger partial charge on any atom is 0.303 e. The molecule has 0 aliphatic rings. The lowest BCUT2D eigenvalue weighted by Crippen LogP contribution is -2.21. The molecule has 30 heavy (non-hydrogen) atoms. The summed E-state index contributed by atoms with van der Waals surface area (Å²) in [5, 5.41) is 8.76. The van der Waals surface area contributed by atoms with E-state index in [0.29, 0.717) is 11.8 Å². The minimum atomic E-state index is -0.644. The normalized spacial score (nSPS) is 11.8. The van der Waals surface area contributed by atoms with Crippen molar-refractivity contribution in [1.82, 2.24) is 0 Å². The van der Waals surface area contributed by atoms with E-state index in [-0.39, 0.29) is 0 Å². The Morgan fingerprint density at radius 3 is 1.13 bits per heavy atom. The van der Waals surface area contributed by atoms with Gasteiger partial charge in [-0.15, -0.1) is 0 Å². The zero-order valence-electron chi connectivity index (χ0n) is 21.1. The van der Waals surface area contributed by atoms with Crippen LogP contribution in [0.15, 0.2) is 0 Å². The van der Waals surface area contributed by atoms with Crippen LogP contribution in [0.25, 0.3) is 0 Å². The van der Waals surface area contributed by atoms with Crippen molar-refractivity contribution in [2.45, 2.75) is 168 Å². The van der Waals surface area contributed by atoms with Crippen LogP contribution in [0, 0.1) is 5.41 Å². The highest BCUT2D eigenvalue weighted by Crippen LogP contribution is 2.42. The second kappa shape index (κ2) is 21.7. The maximum absolute atomic E-state index is 10.6. The standard InChI is InChI=1S/C28H56O2/c1-4-7-10-18-23-28(24-19-11-8-5-2,25-20-12-9-6-3)26-21-16-14-13-15-17-22-27(29)30/h4-26H2,1-3H3,(H,29,30). The molecule has 0 saturated carbocycles. The summed E-state index contributed by atoms with van der Waals surface area (Å²) in [6.07, 6.45) is 30.1. The van der Waals surface area contributed by atoms with Crippen molar-refractivity contribution in [1.29, 1.82) is 0 Å². The van der Waals surface area contributed by atoms with Gasteiger partial charge >= 0.3 is 5.97 Å². The van der Waals surface area contributed by atoms with Crippen molar-refractivity contribution in [3.8, 4) is 0 Å². The molecule has 2 heteroatoms. The van der Waals surface area contributed by atoms with Gasteiger partial charge in [0.25, 0.3) is 0 Å². The number of carboxylic acids is 1. The van der Waals surface area contributed by atoms with Crippen molar-refractivity contribution in [3.63, 3.8) is 0 Å². The Labute approximate surface area is 190 Å². The fourth-order valence-corrected chi connectivity index (χ4v) is 5.01. The minimum Gasteiger partial charge on any atom is -0.481 e. The van der Waals surface area contributed by atoms with Crippen molar-refractivity contribution >= 4 is 5.97 Å². The van der Waals surface area contributed by atoms with Gasteiger partial charge < -0.3 is 5.11 Å². The highest BCUT2D eigenvalue weighted by molar-refractivity contribution is 5.66. The number of hydrogen-bond donors (Lipinski definition) is 1. The summed E-state index contributed by atoms with van der Waals surface area (Å²) in [6, 6.07) is 0. The minimum absolute atomic E-state index is 0.344. The number of rotatable bonds is 24. The molecule has 0 aliphatic heterocycles. The van der Waals surface area contributed by atoms with Gasteiger partial charge in [0.15, 0.2) is 0 Å². The van der Waals surface area contributed by atoms with E-state index >= 15 is 0 Å². The van der Waals surface area contributed by atoms with Crippen LogP contribution in [0.4, 0.5) is 0 Å². The molecule has 0 aromatic heterocycles. The van der Waals surface area contributed by atoms with Crippen molar-refractivity contribution < 1.29 is 9.90 Å². The predicted molar refractivity (Wildman–Crippen MR) is 133 cm³/mol. The fourth-order valence-electron chi connectivity index (χ4n) is 5.01. The maximum atomic E-state index is 10.6. The summed E-state index contributed by atoms with van der Waals surface area (Å²) in [5.74, 6) is -0.644. The van der Waals surface area contributed by atoms with E-state index in [1.54, 1.807) is 0 Å². The molecular weight excluding hydrogens is 368 g/mol. The largest absolute Gasteiger partial charge is 0.481 e. The molecular formula is C28H56O2. The first kappa shape index (κ1) is 29.5. The molecule has 0 fully saturated rings. The van der Waals surface area contributed by atoms with Gasteiger partial charge in [-0.05, 0) is 37.5 Å². The lowest BCUT2D eigenvalue weighted by molar-refractivity contribution is -0.137. The molecule has 0 aromatic carbocycles. The van der Waals surface area contributed by atoms with E-state index in [4.69, 9.17) is 5.11 Å². The monoisotopic (exact) mass is 424 g/mol. The van der Waals surface area contributed by atoms with Gasteiger partial charge in [-0.3, -0.25) is 4.79 Å². The van der Waals surface area contributed by atoms with Crippen LogP contribution in [-0.2, 0) is 4.79 Å². The number of carbonyl (C=O) groups is 1. The van der Waals surface area contributed by atoms with Crippen molar-refractivity contribution in [2.24, 2.45) is 5.41 Å². The van der Waals surface area contributed by atoms with Gasteiger partial charge in [-0.25, -0.2) is 0 Å². The highest BCUT2D eigenvalue weighted by atomic mass is 16.4. The zero-order chi connectivity index (χ0) is 22.3. The van der Waals surface area contributed by atoms with Crippen molar-refractivity contribution in [3.05, 3.63) is 0 Å². The molecule has 0 aliphatic carbocycles. The highest BCUT2D eigenvalue weighted by Gasteiger charge is 2.28. The molecule has 0 heterocycles. The molecule has 0 radical (unpaired) electrons. The molecule has 2 nitrogen and oxygen atoms in total. The first-order valence-electron chi connectivity index (χ1n) is 13.8. The average Bonchev–Trinajstić information content (AvgIpc) is 2.73. The molecule has 0 atom stereocenters. The molecule has 0 spiro atoms. The van der Waals surface area contributed by atoms with Crippen LogP contribution in [0.3, 0.4) is 0 Å². The molecule has 1 N–H and O–H groups in total. The van der Waals surface area contributed by atoms with E-state index in [1.807, 2.05) is 0 Å². The van der Waals surface area contributed by atoms with Gasteiger partial charge in [-0.1, -0.05) is 130 Å². The molecule has 0 bridgehead atoms. The number of carboxylic acid groups (broad SMARTS) is 1. The van der Waals surface area contributed by atoms with Gasteiger partial charge in [0, 0.05) is 6.42 Å². The third kappa shape index (κ3) is 18.3. The molecule has 0 rings (SSSR count). The Balaban J connectivity index is 4.54. The van der Waals surface area contributed by atoms with Gasteiger partial charge in [0.1, 0.15) is 0 Å². The van der Waals surface area contributed by atoms with Crippen molar-refractivity contribution in [2.75, 3.05) is 0 Å². The second-order valence-electron chi connectivity index (χ2n) is 9.95. The lowest BCUT2D eigenvalue weighted by atomic mass is 9.70. The Kier molecular flexibility index (Phi) is 21.3. The Morgan fingerprint density at radius 2 is 0.800 bits per heavy atom. The first-order valence-corrected chi connectivity index (χ1v) is 13.8. The third-order valence-corrected chi connectivity index (χ3v) is 7.03. The molecule has 0 saturated heterocycles. The summed E-state index contributed by atoms with van der Waals surface area (Å²) < 4.78 is 0. The summed E-state index contributed by atoms with van der Waals surface area (Å²) in [6.45, 7) is 6.96.